The van der Waals surface area contributed by atoms with Crippen molar-refractivity contribution in [2.24, 2.45) is 11.7 Å². The fourth-order valence-electron chi connectivity index (χ4n) is 1.31. The number of thiazole rings is 1. The Labute approximate surface area is 100 Å². The largest absolute Gasteiger partial charge is 0.339 e. The average Bonchev–Trinajstić information content (AvgIpc) is 2.62. The third kappa shape index (κ3) is 3.02. The number of carbonyl (C=O) groups excluding carboxylic acids is 1. The van der Waals surface area contributed by atoms with E-state index in [1.165, 1.54) is 0 Å². The SMILES string of the molecule is Cc1ncsc1CN(C)C(=O)[C@H](N)C(C)C. The number of nitrogens with zero attached hydrogens (tertiary/aromatic N) is 2. The highest BCUT2D eigenvalue weighted by Crippen LogP contribution is 2.15. The van der Waals surface area contributed by atoms with Crippen LogP contribution in [0.25, 0.3) is 0 Å². The van der Waals surface area contributed by atoms with Crippen molar-refractivity contribution in [1.29, 1.82) is 0 Å². The Morgan fingerprint density at radius 3 is 2.69 bits per heavy atom. The van der Waals surface area contributed by atoms with Gasteiger partial charge in [0.25, 0.3) is 0 Å². The van der Waals surface area contributed by atoms with Gasteiger partial charge in [0, 0.05) is 11.9 Å². The summed E-state index contributed by atoms with van der Waals surface area (Å²) in [6.45, 7) is 6.45. The minimum Gasteiger partial charge on any atom is -0.339 e. The summed E-state index contributed by atoms with van der Waals surface area (Å²) in [5.74, 6) is 0.153. The molecule has 1 rings (SSSR count). The molecule has 0 fully saturated rings. The van der Waals surface area contributed by atoms with Gasteiger partial charge in [-0.1, -0.05) is 13.8 Å². The molecule has 5 heteroatoms. The molecule has 0 aliphatic heterocycles. The monoisotopic (exact) mass is 241 g/mol. The molecular weight excluding hydrogens is 222 g/mol. The van der Waals surface area contributed by atoms with Gasteiger partial charge in [-0.15, -0.1) is 11.3 Å². The lowest BCUT2D eigenvalue weighted by molar-refractivity contribution is -0.132. The van der Waals surface area contributed by atoms with Crippen molar-refractivity contribution in [2.75, 3.05) is 7.05 Å². The molecule has 0 saturated carbocycles. The average molecular weight is 241 g/mol. The Morgan fingerprint density at radius 2 is 2.25 bits per heavy atom. The molecule has 1 amide bonds. The van der Waals surface area contributed by atoms with Gasteiger partial charge in [0.2, 0.25) is 5.91 Å². The van der Waals surface area contributed by atoms with Crippen LogP contribution in [0.4, 0.5) is 0 Å². The number of aromatic nitrogens is 1. The number of hydrogen-bond donors (Lipinski definition) is 1. The van der Waals surface area contributed by atoms with Gasteiger partial charge in [0.15, 0.2) is 0 Å². The van der Waals surface area contributed by atoms with Crippen LogP contribution >= 0.6 is 11.3 Å². The Balaban J connectivity index is 2.62. The molecule has 1 heterocycles. The normalized spacial score (nSPS) is 12.9. The standard InChI is InChI=1S/C11H19N3OS/c1-7(2)10(12)11(15)14(4)5-9-8(3)13-6-16-9/h6-7,10H,5,12H2,1-4H3/t10-/m1/s1. The highest BCUT2D eigenvalue weighted by molar-refractivity contribution is 7.09. The van der Waals surface area contributed by atoms with Gasteiger partial charge in [0.1, 0.15) is 0 Å². The third-order valence-electron chi connectivity index (χ3n) is 2.61. The highest BCUT2D eigenvalue weighted by atomic mass is 32.1. The topological polar surface area (TPSA) is 59.2 Å². The van der Waals surface area contributed by atoms with Crippen molar-refractivity contribution in [1.82, 2.24) is 9.88 Å². The van der Waals surface area contributed by atoms with Gasteiger partial charge in [-0.2, -0.15) is 0 Å². The zero-order chi connectivity index (χ0) is 12.3. The third-order valence-corrected chi connectivity index (χ3v) is 3.53. The summed E-state index contributed by atoms with van der Waals surface area (Å²) in [6.07, 6.45) is 0. The first-order valence-electron chi connectivity index (χ1n) is 5.33. The Bertz CT molecular complexity index is 362. The molecule has 1 aromatic heterocycles. The van der Waals surface area contributed by atoms with Crippen molar-refractivity contribution in [3.63, 3.8) is 0 Å². The molecule has 0 aliphatic rings. The molecule has 0 aliphatic carbocycles. The summed E-state index contributed by atoms with van der Waals surface area (Å²) in [7, 11) is 1.78. The first kappa shape index (κ1) is 13.1. The van der Waals surface area contributed by atoms with Crippen molar-refractivity contribution in [2.45, 2.75) is 33.4 Å². The number of rotatable bonds is 4. The molecule has 16 heavy (non-hydrogen) atoms. The molecule has 4 nitrogen and oxygen atoms in total. The number of carbonyl (C=O) groups is 1. The number of amides is 1. The molecule has 1 atom stereocenters. The molecule has 0 aromatic carbocycles. The molecule has 2 N–H and O–H groups in total. The second kappa shape index (κ2) is 5.41. The Morgan fingerprint density at radius 1 is 1.62 bits per heavy atom. The first-order chi connectivity index (χ1) is 7.43. The summed E-state index contributed by atoms with van der Waals surface area (Å²) >= 11 is 1.57. The van der Waals surface area contributed by atoms with Crippen molar-refractivity contribution >= 4 is 17.2 Å². The van der Waals surface area contributed by atoms with E-state index in [2.05, 4.69) is 4.98 Å². The van der Waals surface area contributed by atoms with Gasteiger partial charge in [0.05, 0.1) is 23.8 Å². The Hall–Kier alpha value is -0.940. The van der Waals surface area contributed by atoms with E-state index in [1.807, 2.05) is 20.8 Å². The van der Waals surface area contributed by atoms with Crippen LogP contribution in [0.15, 0.2) is 5.51 Å². The minimum atomic E-state index is -0.418. The van der Waals surface area contributed by atoms with E-state index in [9.17, 15) is 4.79 Å². The van der Waals surface area contributed by atoms with Gasteiger partial charge >= 0.3 is 0 Å². The fraction of sp³-hybridized carbons (Fsp3) is 0.636. The van der Waals surface area contributed by atoms with Crippen molar-refractivity contribution in [3.8, 4) is 0 Å². The van der Waals surface area contributed by atoms with Crippen LogP contribution in [0.2, 0.25) is 0 Å². The van der Waals surface area contributed by atoms with Crippen molar-refractivity contribution < 1.29 is 4.79 Å². The van der Waals surface area contributed by atoms with Crippen LogP contribution in [0.3, 0.4) is 0 Å². The molecule has 0 spiro atoms. The van der Waals surface area contributed by atoms with Crippen molar-refractivity contribution in [3.05, 3.63) is 16.1 Å². The smallest absolute Gasteiger partial charge is 0.239 e. The molecule has 0 saturated heterocycles. The summed E-state index contributed by atoms with van der Waals surface area (Å²) in [4.78, 5) is 18.9. The molecule has 0 unspecified atom stereocenters. The lowest BCUT2D eigenvalue weighted by Gasteiger charge is -2.23. The van der Waals surface area contributed by atoms with Gasteiger partial charge in [-0.25, -0.2) is 4.98 Å². The molecule has 0 radical (unpaired) electrons. The van der Waals surface area contributed by atoms with Crippen LogP contribution < -0.4 is 5.73 Å². The van der Waals surface area contributed by atoms with Crippen LogP contribution in [0, 0.1) is 12.8 Å². The van der Waals surface area contributed by atoms with Crippen LogP contribution in [-0.2, 0) is 11.3 Å². The first-order valence-corrected chi connectivity index (χ1v) is 6.21. The van der Waals surface area contributed by atoms with E-state index in [0.29, 0.717) is 6.54 Å². The Kier molecular flexibility index (Phi) is 4.44. The molecule has 1 aromatic rings. The predicted octanol–water partition coefficient (Wildman–Crippen LogP) is 1.39. The van der Waals surface area contributed by atoms with E-state index >= 15 is 0 Å². The number of nitrogens with two attached hydrogens (primary N) is 1. The van der Waals surface area contributed by atoms with Gasteiger partial charge < -0.3 is 10.6 Å². The maximum Gasteiger partial charge on any atom is 0.239 e. The van der Waals surface area contributed by atoms with E-state index in [0.717, 1.165) is 10.6 Å². The van der Waals surface area contributed by atoms with Gasteiger partial charge in [-0.3, -0.25) is 4.79 Å². The highest BCUT2D eigenvalue weighted by Gasteiger charge is 2.21. The van der Waals surface area contributed by atoms with E-state index < -0.39 is 6.04 Å². The zero-order valence-electron chi connectivity index (χ0n) is 10.2. The van der Waals surface area contributed by atoms with E-state index in [1.54, 1.807) is 28.8 Å². The predicted molar refractivity (Wildman–Crippen MR) is 66.1 cm³/mol. The quantitative estimate of drug-likeness (QED) is 0.866. The molecule has 0 bridgehead atoms. The number of likely N-dealkylation sites (N-methyl/N-ethyl adjacent to an activating group) is 1. The summed E-state index contributed by atoms with van der Waals surface area (Å²) in [5.41, 5.74) is 8.61. The number of aryl methyl sites for hydroxylation is 1. The summed E-state index contributed by atoms with van der Waals surface area (Å²) in [5, 5.41) is 0. The number of hydrogen-bond acceptors (Lipinski definition) is 4. The van der Waals surface area contributed by atoms with Crippen LogP contribution in [-0.4, -0.2) is 28.9 Å². The van der Waals surface area contributed by atoms with E-state index in [4.69, 9.17) is 5.73 Å². The zero-order valence-corrected chi connectivity index (χ0v) is 11.0. The second-order valence-electron chi connectivity index (χ2n) is 4.33. The van der Waals surface area contributed by atoms with Gasteiger partial charge in [-0.05, 0) is 12.8 Å². The van der Waals surface area contributed by atoms with E-state index in [-0.39, 0.29) is 11.8 Å². The maximum absolute atomic E-state index is 11.9. The summed E-state index contributed by atoms with van der Waals surface area (Å²) < 4.78 is 0. The summed E-state index contributed by atoms with van der Waals surface area (Å²) in [6, 6.07) is -0.418. The van der Waals surface area contributed by atoms with Crippen LogP contribution in [0.5, 0.6) is 0 Å². The fourth-order valence-corrected chi connectivity index (χ4v) is 2.14. The minimum absolute atomic E-state index is 0.0113. The lowest BCUT2D eigenvalue weighted by Crippen LogP contribution is -2.44. The maximum atomic E-state index is 11.9. The van der Waals surface area contributed by atoms with Crippen LogP contribution in [0.1, 0.15) is 24.4 Å². The molecule has 90 valence electrons. The molecular formula is C11H19N3OS. The second-order valence-corrected chi connectivity index (χ2v) is 5.26. The lowest BCUT2D eigenvalue weighted by atomic mass is 10.0.